The molecule has 0 aromatic heterocycles. The summed E-state index contributed by atoms with van der Waals surface area (Å²) < 4.78 is 5.33. The lowest BCUT2D eigenvalue weighted by molar-refractivity contribution is -0.125. The molecule has 0 aliphatic heterocycles. The van der Waals surface area contributed by atoms with Crippen molar-refractivity contribution in [1.29, 1.82) is 0 Å². The molecule has 0 unspecified atom stereocenters. The lowest BCUT2D eigenvalue weighted by Gasteiger charge is -2.26. The van der Waals surface area contributed by atoms with E-state index in [0.717, 1.165) is 36.8 Å². The van der Waals surface area contributed by atoms with Crippen LogP contribution in [0.1, 0.15) is 43.2 Å². The topological polar surface area (TPSA) is 55.4 Å². The largest absolute Gasteiger partial charge is 0.445 e. The van der Waals surface area contributed by atoms with Crippen LogP contribution in [0.2, 0.25) is 0 Å². The Kier molecular flexibility index (Phi) is 7.03. The summed E-state index contributed by atoms with van der Waals surface area (Å²) in [5.41, 5.74) is 1.96. The van der Waals surface area contributed by atoms with Gasteiger partial charge in [0.15, 0.2) is 5.78 Å². The second kappa shape index (κ2) is 9.91. The number of hydrogen-bond donors (Lipinski definition) is 1. The normalized spacial score (nSPS) is 15.7. The molecule has 142 valence electrons. The number of carbonyl (C=O) groups excluding carboxylic acids is 2. The summed E-state index contributed by atoms with van der Waals surface area (Å²) in [7, 11) is 0. The van der Waals surface area contributed by atoms with Crippen molar-refractivity contribution in [2.75, 3.05) is 0 Å². The van der Waals surface area contributed by atoms with Gasteiger partial charge in [0.1, 0.15) is 6.61 Å². The summed E-state index contributed by atoms with van der Waals surface area (Å²) in [6.45, 7) is 0.197. The molecule has 0 bridgehead atoms. The first-order valence-electron chi connectivity index (χ1n) is 9.77. The standard InChI is InChI=1S/C23H27NO3/c25-22(20-14-8-3-9-15-20)21(16-18-10-4-1-5-11-18)24-23(26)27-17-19-12-6-2-7-13-19/h1-2,4-7,10-13,20-21H,3,8-9,14-17H2,(H,24,26)/t21-/m0/s1. The average Bonchev–Trinajstić information content (AvgIpc) is 2.73. The molecule has 0 saturated heterocycles. The van der Waals surface area contributed by atoms with Crippen LogP contribution in [0.15, 0.2) is 60.7 Å². The summed E-state index contributed by atoms with van der Waals surface area (Å²) in [6, 6.07) is 18.8. The molecule has 1 aliphatic rings. The molecule has 0 heterocycles. The Balaban J connectivity index is 1.63. The Morgan fingerprint density at radius 2 is 1.48 bits per heavy atom. The van der Waals surface area contributed by atoms with Gasteiger partial charge in [0, 0.05) is 5.92 Å². The molecule has 27 heavy (non-hydrogen) atoms. The Morgan fingerprint density at radius 3 is 2.11 bits per heavy atom. The molecule has 4 heteroatoms. The van der Waals surface area contributed by atoms with Gasteiger partial charge < -0.3 is 10.1 Å². The van der Waals surface area contributed by atoms with E-state index in [0.29, 0.717) is 6.42 Å². The third kappa shape index (κ3) is 5.95. The molecule has 1 atom stereocenters. The van der Waals surface area contributed by atoms with E-state index in [1.165, 1.54) is 6.42 Å². The average molecular weight is 365 g/mol. The number of amides is 1. The summed E-state index contributed by atoms with van der Waals surface area (Å²) in [4.78, 5) is 25.4. The van der Waals surface area contributed by atoms with E-state index in [1.54, 1.807) is 0 Å². The third-order valence-electron chi connectivity index (χ3n) is 5.14. The van der Waals surface area contributed by atoms with Crippen molar-refractivity contribution < 1.29 is 14.3 Å². The molecule has 1 N–H and O–H groups in total. The maximum absolute atomic E-state index is 13.0. The molecule has 4 nitrogen and oxygen atoms in total. The van der Waals surface area contributed by atoms with Crippen LogP contribution in [-0.4, -0.2) is 17.9 Å². The molecule has 1 amide bonds. The minimum absolute atomic E-state index is 0.0434. The van der Waals surface area contributed by atoms with Crippen molar-refractivity contribution in [2.24, 2.45) is 5.92 Å². The lowest BCUT2D eigenvalue weighted by atomic mass is 9.82. The Hall–Kier alpha value is -2.62. The van der Waals surface area contributed by atoms with Gasteiger partial charge >= 0.3 is 6.09 Å². The molecule has 0 radical (unpaired) electrons. The van der Waals surface area contributed by atoms with E-state index in [9.17, 15) is 9.59 Å². The molecule has 1 fully saturated rings. The number of rotatable bonds is 7. The zero-order valence-corrected chi connectivity index (χ0v) is 15.6. The number of nitrogens with one attached hydrogen (secondary N) is 1. The van der Waals surface area contributed by atoms with E-state index in [2.05, 4.69) is 5.32 Å². The third-order valence-corrected chi connectivity index (χ3v) is 5.14. The molecular formula is C23H27NO3. The van der Waals surface area contributed by atoms with Crippen molar-refractivity contribution in [3.63, 3.8) is 0 Å². The van der Waals surface area contributed by atoms with Crippen LogP contribution >= 0.6 is 0 Å². The fourth-order valence-corrected chi connectivity index (χ4v) is 3.65. The minimum atomic E-state index is -0.543. The highest BCUT2D eigenvalue weighted by Gasteiger charge is 2.29. The van der Waals surface area contributed by atoms with Crippen LogP contribution in [0, 0.1) is 5.92 Å². The quantitative estimate of drug-likeness (QED) is 0.775. The monoisotopic (exact) mass is 365 g/mol. The first-order chi connectivity index (χ1) is 13.2. The van der Waals surface area contributed by atoms with E-state index in [4.69, 9.17) is 4.74 Å². The zero-order valence-electron chi connectivity index (χ0n) is 15.6. The van der Waals surface area contributed by atoms with E-state index in [-0.39, 0.29) is 18.3 Å². The van der Waals surface area contributed by atoms with Gasteiger partial charge in [-0.05, 0) is 30.4 Å². The summed E-state index contributed by atoms with van der Waals surface area (Å²) in [5.74, 6) is 0.178. The second-order valence-corrected chi connectivity index (χ2v) is 7.19. The van der Waals surface area contributed by atoms with Crippen molar-refractivity contribution in [1.82, 2.24) is 5.32 Å². The van der Waals surface area contributed by atoms with Crippen LogP contribution < -0.4 is 5.32 Å². The number of carbonyl (C=O) groups is 2. The van der Waals surface area contributed by atoms with Crippen molar-refractivity contribution in [3.8, 4) is 0 Å². The predicted octanol–water partition coefficient (Wildman–Crippen LogP) is 4.67. The van der Waals surface area contributed by atoms with Crippen molar-refractivity contribution >= 4 is 11.9 Å². The SMILES string of the molecule is O=C(N[C@@H](Cc1ccccc1)C(=O)C1CCCCC1)OCc1ccccc1. The molecule has 2 aromatic carbocycles. The van der Waals surface area contributed by atoms with Crippen molar-refractivity contribution in [2.45, 2.75) is 51.2 Å². The number of Topliss-reactive ketones (excluding diaryl/α,β-unsaturated/α-hetero) is 1. The molecule has 1 saturated carbocycles. The zero-order chi connectivity index (χ0) is 18.9. The first-order valence-corrected chi connectivity index (χ1v) is 9.77. The van der Waals surface area contributed by atoms with E-state index in [1.807, 2.05) is 60.7 Å². The lowest BCUT2D eigenvalue weighted by Crippen LogP contribution is -2.45. The first kappa shape index (κ1) is 19.2. The van der Waals surface area contributed by atoms with Gasteiger partial charge in [-0.1, -0.05) is 79.9 Å². The number of alkyl carbamates (subject to hydrolysis) is 1. The maximum Gasteiger partial charge on any atom is 0.408 e. The van der Waals surface area contributed by atoms with Crippen LogP contribution in [-0.2, 0) is 22.6 Å². The van der Waals surface area contributed by atoms with E-state index >= 15 is 0 Å². The van der Waals surface area contributed by atoms with Gasteiger partial charge in [0.25, 0.3) is 0 Å². The number of ketones is 1. The summed E-state index contributed by atoms with van der Waals surface area (Å²) >= 11 is 0. The van der Waals surface area contributed by atoms with Gasteiger partial charge in [0.2, 0.25) is 0 Å². The van der Waals surface area contributed by atoms with Crippen LogP contribution in [0.25, 0.3) is 0 Å². The minimum Gasteiger partial charge on any atom is -0.445 e. The Morgan fingerprint density at radius 1 is 0.889 bits per heavy atom. The van der Waals surface area contributed by atoms with Gasteiger partial charge in [0.05, 0.1) is 6.04 Å². The number of hydrogen-bond acceptors (Lipinski definition) is 3. The highest BCUT2D eigenvalue weighted by atomic mass is 16.5. The number of ether oxygens (including phenoxy) is 1. The van der Waals surface area contributed by atoms with E-state index < -0.39 is 12.1 Å². The van der Waals surface area contributed by atoms with Gasteiger partial charge in [-0.3, -0.25) is 4.79 Å². The predicted molar refractivity (Wildman–Crippen MR) is 105 cm³/mol. The maximum atomic E-state index is 13.0. The Labute approximate surface area is 160 Å². The van der Waals surface area contributed by atoms with Gasteiger partial charge in [-0.15, -0.1) is 0 Å². The summed E-state index contributed by atoms with van der Waals surface area (Å²) in [5, 5.41) is 2.82. The fraction of sp³-hybridized carbons (Fsp3) is 0.391. The number of benzene rings is 2. The van der Waals surface area contributed by atoms with Crippen LogP contribution in [0.3, 0.4) is 0 Å². The highest BCUT2D eigenvalue weighted by Crippen LogP contribution is 2.26. The molecule has 3 rings (SSSR count). The molecular weight excluding hydrogens is 338 g/mol. The molecule has 2 aromatic rings. The Bertz CT molecular complexity index is 724. The smallest absolute Gasteiger partial charge is 0.408 e. The highest BCUT2D eigenvalue weighted by molar-refractivity contribution is 5.89. The molecule has 0 spiro atoms. The molecule has 1 aliphatic carbocycles. The van der Waals surface area contributed by atoms with Gasteiger partial charge in [-0.2, -0.15) is 0 Å². The van der Waals surface area contributed by atoms with Gasteiger partial charge in [-0.25, -0.2) is 4.79 Å². The second-order valence-electron chi connectivity index (χ2n) is 7.19. The van der Waals surface area contributed by atoms with Crippen LogP contribution in [0.5, 0.6) is 0 Å². The summed E-state index contributed by atoms with van der Waals surface area (Å²) in [6.07, 6.45) is 5.18. The van der Waals surface area contributed by atoms with Crippen molar-refractivity contribution in [3.05, 3.63) is 71.8 Å². The van der Waals surface area contributed by atoms with Crippen LogP contribution in [0.4, 0.5) is 4.79 Å². The fourth-order valence-electron chi connectivity index (χ4n) is 3.65.